The number of amides is 1. The molecular formula is C28H15Cl2F6N2O. The quantitative estimate of drug-likeness (QED) is 0.212. The molecule has 0 spiro atoms. The van der Waals surface area contributed by atoms with E-state index in [0.29, 0.717) is 49.0 Å². The number of benzene rings is 4. The largest absolute Gasteiger partial charge is 0.416 e. The summed E-state index contributed by atoms with van der Waals surface area (Å²) < 4.78 is 83.0. The first-order valence-corrected chi connectivity index (χ1v) is 12.0. The molecule has 0 saturated heterocycles. The van der Waals surface area contributed by atoms with Crippen LogP contribution >= 0.6 is 23.2 Å². The lowest BCUT2D eigenvalue weighted by Crippen LogP contribution is -2.15. The molecule has 0 saturated carbocycles. The Morgan fingerprint density at radius 1 is 0.872 bits per heavy atom. The normalized spacial score (nSPS) is 12.4. The summed E-state index contributed by atoms with van der Waals surface area (Å²) in [5.74, 6) is -0.767. The van der Waals surface area contributed by atoms with E-state index in [4.69, 9.17) is 28.9 Å². The van der Waals surface area contributed by atoms with Crippen LogP contribution in [0.5, 0.6) is 0 Å². The van der Waals surface area contributed by atoms with Gasteiger partial charge in [-0.1, -0.05) is 41.4 Å². The third kappa shape index (κ3) is 4.81. The Balaban J connectivity index is 1.82. The highest BCUT2D eigenvalue weighted by molar-refractivity contribution is 6.39. The molecule has 3 nitrogen and oxygen atoms in total. The summed E-state index contributed by atoms with van der Waals surface area (Å²) in [4.78, 5) is 12.2. The predicted molar refractivity (Wildman–Crippen MR) is 138 cm³/mol. The molecule has 39 heavy (non-hydrogen) atoms. The molecule has 1 aromatic heterocycles. The SMILES string of the molecule is NC(=O)c1cccc2c1c1[c]cc(-c3c(Cl)cccc3Cl)cc1n2Cc1ccc(C(F)(F)F)cc1C(F)(F)F. The lowest BCUT2D eigenvalue weighted by Gasteiger charge is -2.17. The van der Waals surface area contributed by atoms with Crippen LogP contribution in [0.3, 0.4) is 0 Å². The average Bonchev–Trinajstić information content (AvgIpc) is 3.16. The van der Waals surface area contributed by atoms with Gasteiger partial charge in [0.25, 0.3) is 0 Å². The standard InChI is InChI=1S/C28H15Cl2F6N2O/c29-20-4-2-5-21(30)24(20)14-8-10-17-23(11-14)38(22-6-1-3-18(25(17)22)26(37)39)13-15-7-9-16(27(31,32)33)12-19(15)28(34,35)36/h1-9,11-12H,13H2,(H2,37,39). The van der Waals surface area contributed by atoms with Gasteiger partial charge < -0.3 is 10.3 Å². The maximum Gasteiger partial charge on any atom is 0.416 e. The van der Waals surface area contributed by atoms with Crippen LogP contribution in [0.15, 0.2) is 66.7 Å². The van der Waals surface area contributed by atoms with Crippen LogP contribution in [0.4, 0.5) is 26.3 Å². The minimum absolute atomic E-state index is 0.0964. The van der Waals surface area contributed by atoms with Crippen LogP contribution in [-0.2, 0) is 18.9 Å². The van der Waals surface area contributed by atoms with E-state index in [2.05, 4.69) is 6.07 Å². The Bertz CT molecular complexity index is 1750. The number of aromatic nitrogens is 1. The zero-order valence-electron chi connectivity index (χ0n) is 19.5. The molecule has 0 bridgehead atoms. The number of halogens is 8. The van der Waals surface area contributed by atoms with Gasteiger partial charge in [0.2, 0.25) is 5.91 Å². The molecule has 1 heterocycles. The van der Waals surface area contributed by atoms with Gasteiger partial charge >= 0.3 is 12.4 Å². The first-order valence-electron chi connectivity index (χ1n) is 11.3. The van der Waals surface area contributed by atoms with Gasteiger partial charge in [0.05, 0.1) is 22.2 Å². The summed E-state index contributed by atoms with van der Waals surface area (Å²) in [5, 5.41) is 1.36. The zero-order valence-corrected chi connectivity index (χ0v) is 21.0. The average molecular weight is 580 g/mol. The van der Waals surface area contributed by atoms with Crippen LogP contribution in [-0.4, -0.2) is 10.5 Å². The minimum Gasteiger partial charge on any atom is -0.366 e. The minimum atomic E-state index is -5.06. The molecule has 0 unspecified atom stereocenters. The lowest BCUT2D eigenvalue weighted by atomic mass is 10.0. The van der Waals surface area contributed by atoms with Gasteiger partial charge in [0.1, 0.15) is 0 Å². The smallest absolute Gasteiger partial charge is 0.366 e. The number of hydrogen-bond acceptors (Lipinski definition) is 1. The van der Waals surface area contributed by atoms with Crippen molar-refractivity contribution in [2.75, 3.05) is 0 Å². The van der Waals surface area contributed by atoms with Crippen molar-refractivity contribution in [3.63, 3.8) is 0 Å². The van der Waals surface area contributed by atoms with Gasteiger partial charge in [-0.15, -0.1) is 0 Å². The predicted octanol–water partition coefficient (Wildman–Crippen LogP) is 8.75. The maximum absolute atomic E-state index is 13.9. The summed E-state index contributed by atoms with van der Waals surface area (Å²) in [6.45, 7) is -0.470. The van der Waals surface area contributed by atoms with E-state index in [0.717, 1.165) is 6.07 Å². The number of fused-ring (bicyclic) bond motifs is 3. The van der Waals surface area contributed by atoms with Gasteiger partial charge in [0.15, 0.2) is 0 Å². The molecule has 5 aromatic rings. The van der Waals surface area contributed by atoms with E-state index >= 15 is 0 Å². The van der Waals surface area contributed by atoms with Crippen molar-refractivity contribution in [3.05, 3.63) is 105 Å². The van der Waals surface area contributed by atoms with E-state index in [9.17, 15) is 31.1 Å². The third-order valence-electron chi connectivity index (χ3n) is 6.38. The third-order valence-corrected chi connectivity index (χ3v) is 7.01. The van der Waals surface area contributed by atoms with Crippen molar-refractivity contribution in [2.45, 2.75) is 18.9 Å². The second-order valence-corrected chi connectivity index (χ2v) is 9.58. The number of nitrogens with zero attached hydrogens (tertiary/aromatic N) is 1. The second kappa shape index (κ2) is 9.50. The van der Waals surface area contributed by atoms with Crippen molar-refractivity contribution in [1.82, 2.24) is 4.57 Å². The van der Waals surface area contributed by atoms with E-state index in [1.807, 2.05) is 0 Å². The number of alkyl halides is 6. The van der Waals surface area contributed by atoms with E-state index < -0.39 is 41.5 Å². The molecule has 11 heteroatoms. The highest BCUT2D eigenvalue weighted by atomic mass is 35.5. The van der Waals surface area contributed by atoms with Gasteiger partial charge in [-0.2, -0.15) is 26.3 Å². The Hall–Kier alpha value is -3.69. The summed E-state index contributed by atoms with van der Waals surface area (Å²) in [6, 6.07) is 17.2. The number of hydrogen-bond donors (Lipinski definition) is 1. The van der Waals surface area contributed by atoms with Crippen molar-refractivity contribution in [2.24, 2.45) is 5.73 Å². The summed E-state index contributed by atoms with van der Waals surface area (Å²) in [6.07, 6.45) is -10.0. The van der Waals surface area contributed by atoms with Crippen molar-refractivity contribution >= 4 is 50.9 Å². The molecule has 0 aliphatic heterocycles. The van der Waals surface area contributed by atoms with Crippen molar-refractivity contribution < 1.29 is 31.1 Å². The van der Waals surface area contributed by atoms with E-state index in [1.54, 1.807) is 36.4 Å². The molecule has 2 N–H and O–H groups in total. The van der Waals surface area contributed by atoms with Crippen LogP contribution in [0.2, 0.25) is 10.0 Å². The highest BCUT2D eigenvalue weighted by Crippen LogP contribution is 2.41. The van der Waals surface area contributed by atoms with Crippen LogP contribution in [0.1, 0.15) is 27.0 Å². The van der Waals surface area contributed by atoms with Crippen molar-refractivity contribution in [1.29, 1.82) is 0 Å². The Morgan fingerprint density at radius 3 is 2.15 bits per heavy atom. The molecule has 199 valence electrons. The number of nitrogens with two attached hydrogens (primary N) is 1. The fraction of sp³-hybridized carbons (Fsp3) is 0.107. The summed E-state index contributed by atoms with van der Waals surface area (Å²) in [7, 11) is 0. The number of carbonyl (C=O) groups excluding carboxylic acids is 1. The van der Waals surface area contributed by atoms with Crippen molar-refractivity contribution in [3.8, 4) is 11.1 Å². The number of rotatable bonds is 4. The molecule has 0 aliphatic carbocycles. The topological polar surface area (TPSA) is 48.0 Å². The maximum atomic E-state index is 13.9. The molecule has 1 radical (unpaired) electrons. The molecule has 1 amide bonds. The van der Waals surface area contributed by atoms with Gasteiger partial charge in [-0.05, 0) is 65.7 Å². The Kier molecular flexibility index (Phi) is 6.55. The first kappa shape index (κ1) is 26.9. The van der Waals surface area contributed by atoms with Gasteiger partial charge in [-0.25, -0.2) is 0 Å². The van der Waals surface area contributed by atoms with E-state index in [-0.39, 0.29) is 11.6 Å². The van der Waals surface area contributed by atoms with Gasteiger partial charge in [0, 0.05) is 38.5 Å². The molecule has 0 aliphatic rings. The van der Waals surface area contributed by atoms with E-state index in [1.165, 1.54) is 16.7 Å². The van der Waals surface area contributed by atoms with Crippen LogP contribution < -0.4 is 5.73 Å². The van der Waals surface area contributed by atoms with Crippen LogP contribution in [0, 0.1) is 6.07 Å². The monoisotopic (exact) mass is 579 g/mol. The molecule has 5 rings (SSSR count). The Labute approximate surface area is 227 Å². The molecule has 4 aromatic carbocycles. The zero-order chi connectivity index (χ0) is 28.3. The highest BCUT2D eigenvalue weighted by Gasteiger charge is 2.38. The Morgan fingerprint density at radius 2 is 1.54 bits per heavy atom. The molecule has 0 atom stereocenters. The number of carbonyl (C=O) groups is 1. The van der Waals surface area contributed by atoms with Crippen LogP contribution in [0.25, 0.3) is 32.9 Å². The number of primary amides is 1. The fourth-order valence-electron chi connectivity index (χ4n) is 4.67. The van der Waals surface area contributed by atoms with Gasteiger partial charge in [-0.3, -0.25) is 4.79 Å². The summed E-state index contributed by atoms with van der Waals surface area (Å²) >= 11 is 12.7. The second-order valence-electron chi connectivity index (χ2n) is 8.76. The first-order chi connectivity index (χ1) is 18.3. The molecule has 0 fully saturated rings. The summed E-state index contributed by atoms with van der Waals surface area (Å²) in [5.41, 5.74) is 4.08. The lowest BCUT2D eigenvalue weighted by molar-refractivity contribution is -0.143. The molecular weight excluding hydrogens is 565 g/mol. The fourth-order valence-corrected chi connectivity index (χ4v) is 5.29.